The molecular formula is C55H68N12O8. The van der Waals surface area contributed by atoms with Crippen LogP contribution in [0, 0.1) is 0 Å². The first-order chi connectivity index (χ1) is 36.0. The van der Waals surface area contributed by atoms with Crippen molar-refractivity contribution in [3.05, 3.63) is 107 Å². The third-order valence-electron chi connectivity index (χ3n) is 13.9. The number of rotatable bonds is 18. The van der Waals surface area contributed by atoms with Gasteiger partial charge in [0.2, 0.25) is 23.5 Å². The number of piperazine rings is 2. The second-order valence-corrected chi connectivity index (χ2v) is 19.8. The van der Waals surface area contributed by atoms with Crippen molar-refractivity contribution in [2.24, 2.45) is 0 Å². The van der Waals surface area contributed by atoms with Crippen LogP contribution in [0.25, 0.3) is 34.2 Å². The quantitative estimate of drug-likeness (QED) is 0.0586. The van der Waals surface area contributed by atoms with Crippen molar-refractivity contribution in [3.8, 4) is 57.1 Å². The Labute approximate surface area is 436 Å². The molecule has 4 heterocycles. The van der Waals surface area contributed by atoms with Gasteiger partial charge in [-0.2, -0.15) is 0 Å². The molecule has 4 aromatic carbocycles. The van der Waals surface area contributed by atoms with Crippen LogP contribution in [0.1, 0.15) is 116 Å². The maximum Gasteiger partial charge on any atom is 0.289 e. The Balaban J connectivity index is 0.793. The molecular weight excluding hydrogens is 957 g/mol. The summed E-state index contributed by atoms with van der Waals surface area (Å²) in [7, 11) is 0. The van der Waals surface area contributed by atoms with Crippen molar-refractivity contribution in [2.45, 2.75) is 85.7 Å². The average molecular weight is 1030 g/mol. The Morgan fingerprint density at radius 1 is 0.507 bits per heavy atom. The van der Waals surface area contributed by atoms with Crippen LogP contribution < -0.4 is 10.6 Å². The van der Waals surface area contributed by atoms with Crippen LogP contribution in [0.3, 0.4) is 0 Å². The minimum absolute atomic E-state index is 0.0278. The molecule has 0 atom stereocenters. The fourth-order valence-corrected chi connectivity index (χ4v) is 9.69. The number of hydrogen-bond donors (Lipinski definition) is 6. The maximum absolute atomic E-state index is 13.3. The third kappa shape index (κ3) is 12.1. The minimum Gasteiger partial charge on any atom is -0.508 e. The van der Waals surface area contributed by atoms with Gasteiger partial charge in [0.1, 0.15) is 23.0 Å². The van der Waals surface area contributed by atoms with E-state index in [1.165, 1.54) is 12.1 Å². The second-order valence-electron chi connectivity index (χ2n) is 19.8. The lowest BCUT2D eigenvalue weighted by Crippen LogP contribution is -2.48. The molecule has 0 saturated carbocycles. The average Bonchev–Trinajstić information content (AvgIpc) is 4.03. The molecule has 8 rings (SSSR count). The Morgan fingerprint density at radius 2 is 0.867 bits per heavy atom. The van der Waals surface area contributed by atoms with Gasteiger partial charge in [0.05, 0.1) is 11.1 Å². The monoisotopic (exact) mass is 1020 g/mol. The highest BCUT2D eigenvalue weighted by Gasteiger charge is 2.28. The van der Waals surface area contributed by atoms with E-state index in [9.17, 15) is 39.6 Å². The van der Waals surface area contributed by atoms with E-state index in [4.69, 9.17) is 0 Å². The van der Waals surface area contributed by atoms with E-state index in [2.05, 4.69) is 40.8 Å². The van der Waals surface area contributed by atoms with Crippen LogP contribution >= 0.6 is 0 Å². The summed E-state index contributed by atoms with van der Waals surface area (Å²) >= 11 is 0. The van der Waals surface area contributed by atoms with E-state index in [0.717, 1.165) is 11.1 Å². The number of amides is 4. The molecule has 6 aromatic rings. The van der Waals surface area contributed by atoms with Gasteiger partial charge in [-0.15, -0.1) is 20.4 Å². The largest absolute Gasteiger partial charge is 0.508 e. The number of phenols is 4. The fraction of sp³-hybridized carbons (Fsp3) is 0.418. The summed E-state index contributed by atoms with van der Waals surface area (Å²) in [6.45, 7) is 18.6. The first kappa shape index (κ1) is 53.5. The zero-order valence-electron chi connectivity index (χ0n) is 43.6. The standard InChI is InChI=1S/C55H68N12O8/c1-7-56-54(74)52-60-58-50(42-28-40(34(3)4)44(68)30-46(42)70)66(52)38-16-12-36(13-17-38)32-62-20-24-64(25-21-62)48(72)10-9-11-49(73)65-26-22-63(23-27-65)33-37-14-18-39(19-15-37)67-51(59-61-53(67)55(75)57-8-2)43-29-41(35(5)6)45(69)31-47(43)71/h12-19,28-31,34-35,68-71H,7-11,20-27,32-33H2,1-6H3,(H,56,74)(H,57,75). The van der Waals surface area contributed by atoms with Crippen LogP contribution in [0.15, 0.2) is 72.8 Å². The summed E-state index contributed by atoms with van der Waals surface area (Å²) in [6, 6.07) is 21.4. The van der Waals surface area contributed by atoms with Gasteiger partial charge in [0.25, 0.3) is 11.8 Å². The number of nitrogens with one attached hydrogen (secondary N) is 2. The van der Waals surface area contributed by atoms with Gasteiger partial charge in [-0.25, -0.2) is 0 Å². The van der Waals surface area contributed by atoms with E-state index >= 15 is 0 Å². The summed E-state index contributed by atoms with van der Waals surface area (Å²) in [5.74, 6) is -0.570. The van der Waals surface area contributed by atoms with Gasteiger partial charge in [0.15, 0.2) is 11.6 Å². The van der Waals surface area contributed by atoms with E-state index < -0.39 is 11.8 Å². The number of hydrogen-bond acceptors (Lipinski definition) is 14. The number of nitrogens with zero attached hydrogens (tertiary/aromatic N) is 10. The Kier molecular flexibility index (Phi) is 16.8. The third-order valence-corrected chi connectivity index (χ3v) is 13.9. The van der Waals surface area contributed by atoms with Gasteiger partial charge in [-0.3, -0.25) is 38.1 Å². The van der Waals surface area contributed by atoms with Crippen molar-refractivity contribution >= 4 is 23.6 Å². The van der Waals surface area contributed by atoms with Gasteiger partial charge in [-0.1, -0.05) is 52.0 Å². The van der Waals surface area contributed by atoms with E-state index in [0.29, 0.717) is 131 Å². The number of phenolic OH excluding ortho intramolecular Hbond substituents is 4. The van der Waals surface area contributed by atoms with E-state index in [1.807, 2.05) is 99.9 Å². The summed E-state index contributed by atoms with van der Waals surface area (Å²) in [5, 5.41) is 65.4. The fourth-order valence-electron chi connectivity index (χ4n) is 9.69. The summed E-state index contributed by atoms with van der Waals surface area (Å²) in [4.78, 5) is 61.2. The van der Waals surface area contributed by atoms with Gasteiger partial charge < -0.3 is 40.9 Å². The number of aromatic nitrogens is 6. The highest BCUT2D eigenvalue weighted by molar-refractivity contribution is 5.93. The Bertz CT molecular complexity index is 2810. The molecule has 2 aliphatic heterocycles. The Morgan fingerprint density at radius 3 is 1.20 bits per heavy atom. The molecule has 4 amide bonds. The minimum atomic E-state index is -0.413. The summed E-state index contributed by atoms with van der Waals surface area (Å²) in [6.07, 6.45) is 1.10. The number of carbonyl (C=O) groups excluding carboxylic acids is 4. The lowest BCUT2D eigenvalue weighted by atomic mass is 9.98. The van der Waals surface area contributed by atoms with Crippen LogP contribution in [0.2, 0.25) is 0 Å². The first-order valence-corrected chi connectivity index (χ1v) is 25.8. The highest BCUT2D eigenvalue weighted by Crippen LogP contribution is 2.40. The predicted octanol–water partition coefficient (Wildman–Crippen LogP) is 5.91. The van der Waals surface area contributed by atoms with Gasteiger partial charge in [-0.05, 0) is 90.8 Å². The van der Waals surface area contributed by atoms with Crippen molar-refractivity contribution in [3.63, 3.8) is 0 Å². The molecule has 2 fully saturated rings. The van der Waals surface area contributed by atoms with Crippen molar-refractivity contribution < 1.29 is 39.6 Å². The summed E-state index contributed by atoms with van der Waals surface area (Å²) < 4.78 is 3.21. The zero-order valence-corrected chi connectivity index (χ0v) is 43.6. The van der Waals surface area contributed by atoms with Crippen LogP contribution in [0.5, 0.6) is 23.0 Å². The lowest BCUT2D eigenvalue weighted by Gasteiger charge is -2.35. The molecule has 20 heteroatoms. The van der Waals surface area contributed by atoms with Gasteiger partial charge >= 0.3 is 0 Å². The van der Waals surface area contributed by atoms with E-state index in [-0.39, 0.29) is 69.9 Å². The summed E-state index contributed by atoms with van der Waals surface area (Å²) in [5.41, 5.74) is 5.26. The molecule has 2 saturated heterocycles. The van der Waals surface area contributed by atoms with Crippen LogP contribution in [-0.2, 0) is 22.7 Å². The molecule has 75 heavy (non-hydrogen) atoms. The second kappa shape index (κ2) is 23.6. The normalized spacial score (nSPS) is 14.5. The van der Waals surface area contributed by atoms with Crippen LogP contribution in [-0.4, -0.2) is 159 Å². The lowest BCUT2D eigenvalue weighted by molar-refractivity contribution is -0.134. The topological polar surface area (TPSA) is 248 Å². The molecule has 0 spiro atoms. The number of aromatic hydroxyl groups is 4. The molecule has 2 aliphatic rings. The molecule has 2 aromatic heterocycles. The molecule has 0 bridgehead atoms. The maximum atomic E-state index is 13.3. The highest BCUT2D eigenvalue weighted by atomic mass is 16.3. The number of carbonyl (C=O) groups is 4. The number of benzene rings is 4. The van der Waals surface area contributed by atoms with E-state index in [1.54, 1.807) is 21.3 Å². The molecule has 396 valence electrons. The Hall–Kier alpha value is -7.84. The van der Waals surface area contributed by atoms with Crippen molar-refractivity contribution in [1.82, 2.24) is 59.8 Å². The molecule has 0 radical (unpaired) electrons. The smallest absolute Gasteiger partial charge is 0.289 e. The van der Waals surface area contributed by atoms with Crippen LogP contribution in [0.4, 0.5) is 0 Å². The molecule has 20 nitrogen and oxygen atoms in total. The first-order valence-electron chi connectivity index (χ1n) is 25.8. The van der Waals surface area contributed by atoms with Crippen molar-refractivity contribution in [2.75, 3.05) is 65.4 Å². The van der Waals surface area contributed by atoms with Crippen molar-refractivity contribution in [1.29, 1.82) is 0 Å². The molecule has 0 unspecified atom stereocenters. The van der Waals surface area contributed by atoms with Gasteiger partial charge in [0, 0.05) is 115 Å². The molecule has 0 aliphatic carbocycles. The zero-order chi connectivity index (χ0) is 53.5. The SMILES string of the molecule is CCNC(=O)c1nnc(-c2cc(C(C)C)c(O)cc2O)n1-c1ccc(CN2CCN(C(=O)CCCC(=O)N3CCN(Cc4ccc(-n5c(C(=O)NCC)nnc5-c5cc(C(C)C)c(O)cc5O)cc4)CC3)CC2)cc1. The predicted molar refractivity (Wildman–Crippen MR) is 282 cm³/mol. The molecule has 6 N–H and O–H groups in total.